The van der Waals surface area contributed by atoms with Gasteiger partial charge in [0, 0.05) is 24.4 Å². The van der Waals surface area contributed by atoms with Crippen molar-refractivity contribution >= 4 is 21.7 Å². The van der Waals surface area contributed by atoms with Crippen LogP contribution < -0.4 is 0 Å². The molecule has 2 atom stereocenters. The van der Waals surface area contributed by atoms with E-state index in [1.54, 1.807) is 11.8 Å². The summed E-state index contributed by atoms with van der Waals surface area (Å²) in [5, 5.41) is 1.13. The number of rotatable bonds is 8. The van der Waals surface area contributed by atoms with Crippen LogP contribution >= 0.6 is 0 Å². The van der Waals surface area contributed by atoms with Crippen LogP contribution in [0, 0.1) is 5.92 Å². The lowest BCUT2D eigenvalue weighted by molar-refractivity contribution is -0.160. The summed E-state index contributed by atoms with van der Waals surface area (Å²) in [7, 11) is -3.23. The molecule has 2 aromatic rings. The molecule has 1 heterocycles. The quantitative estimate of drug-likeness (QED) is 0.605. The largest absolute Gasteiger partial charge is 0.453 e. The first-order valence-electron chi connectivity index (χ1n) is 9.79. The number of hydrogen-bond donors (Lipinski definition) is 0. The first-order valence-corrected chi connectivity index (χ1v) is 11.5. The summed E-state index contributed by atoms with van der Waals surface area (Å²) < 4.78 is 28.3. The molecule has 30 heavy (non-hydrogen) atoms. The second-order valence-corrected chi connectivity index (χ2v) is 9.35. The molecule has 6 nitrogen and oxygen atoms in total. The van der Waals surface area contributed by atoms with Crippen LogP contribution in [-0.2, 0) is 37.3 Å². The number of carbonyl (C=O) groups excluding carboxylic acids is 2. The van der Waals surface area contributed by atoms with Crippen molar-refractivity contribution in [3.63, 3.8) is 0 Å². The minimum atomic E-state index is -3.23. The molecule has 0 radical (unpaired) electrons. The summed E-state index contributed by atoms with van der Waals surface area (Å²) >= 11 is 0. The van der Waals surface area contributed by atoms with Gasteiger partial charge in [-0.3, -0.25) is 9.59 Å². The second-order valence-electron chi connectivity index (χ2n) is 7.42. The highest BCUT2D eigenvalue weighted by molar-refractivity contribution is 7.94. The number of carbonyl (C=O) groups is 2. The Morgan fingerprint density at radius 2 is 1.53 bits per heavy atom. The standard InChI is InChI=1S/C23H25NO5S/c1-18(29-22(25)14-21-12-13-30(27,28)17-21)23(26)24(15-19-8-4-2-5-9-19)16-20-10-6-3-7-11-20/h2-13,18,21H,14-17H2,1H3. The monoisotopic (exact) mass is 427 g/mol. The molecule has 2 aromatic carbocycles. The van der Waals surface area contributed by atoms with Crippen LogP contribution in [0.15, 0.2) is 72.1 Å². The maximum atomic E-state index is 13.1. The van der Waals surface area contributed by atoms with Crippen molar-refractivity contribution in [3.05, 3.63) is 83.3 Å². The van der Waals surface area contributed by atoms with E-state index in [4.69, 9.17) is 4.74 Å². The van der Waals surface area contributed by atoms with Crippen molar-refractivity contribution in [2.75, 3.05) is 5.75 Å². The first-order chi connectivity index (χ1) is 14.3. The molecule has 0 aliphatic carbocycles. The van der Waals surface area contributed by atoms with Gasteiger partial charge in [-0.25, -0.2) is 8.42 Å². The number of sulfone groups is 1. The fraction of sp³-hybridized carbons (Fsp3) is 0.304. The lowest BCUT2D eigenvalue weighted by Gasteiger charge is -2.26. The fourth-order valence-electron chi connectivity index (χ4n) is 3.35. The van der Waals surface area contributed by atoms with E-state index in [1.165, 1.54) is 6.08 Å². The molecule has 158 valence electrons. The van der Waals surface area contributed by atoms with Gasteiger partial charge in [-0.15, -0.1) is 0 Å². The Morgan fingerprint density at radius 1 is 1.00 bits per heavy atom. The molecule has 0 bridgehead atoms. The van der Waals surface area contributed by atoms with Crippen molar-refractivity contribution in [1.29, 1.82) is 0 Å². The lowest BCUT2D eigenvalue weighted by Crippen LogP contribution is -2.39. The Morgan fingerprint density at radius 3 is 2.00 bits per heavy atom. The summed E-state index contributed by atoms with van der Waals surface area (Å²) in [5.41, 5.74) is 1.95. The van der Waals surface area contributed by atoms with E-state index in [-0.39, 0.29) is 18.1 Å². The van der Waals surface area contributed by atoms with Crippen molar-refractivity contribution in [2.45, 2.75) is 32.5 Å². The minimum absolute atomic E-state index is 0.0648. The van der Waals surface area contributed by atoms with Crippen LogP contribution in [0.25, 0.3) is 0 Å². The zero-order valence-corrected chi connectivity index (χ0v) is 17.6. The van der Waals surface area contributed by atoms with Gasteiger partial charge in [0.2, 0.25) is 0 Å². The van der Waals surface area contributed by atoms with Gasteiger partial charge in [0.1, 0.15) is 0 Å². The van der Waals surface area contributed by atoms with E-state index in [9.17, 15) is 18.0 Å². The molecule has 0 saturated heterocycles. The summed E-state index contributed by atoms with van der Waals surface area (Å²) in [4.78, 5) is 27.0. The van der Waals surface area contributed by atoms with E-state index in [1.807, 2.05) is 60.7 Å². The molecule has 1 aliphatic heterocycles. The van der Waals surface area contributed by atoms with Gasteiger partial charge in [-0.2, -0.15) is 0 Å². The molecular formula is C23H25NO5S. The molecule has 2 unspecified atom stereocenters. The van der Waals surface area contributed by atoms with E-state index < -0.39 is 27.8 Å². The third-order valence-corrected chi connectivity index (χ3v) is 6.30. The highest BCUT2D eigenvalue weighted by Gasteiger charge is 2.28. The average molecular weight is 428 g/mol. The highest BCUT2D eigenvalue weighted by Crippen LogP contribution is 2.19. The third kappa shape index (κ3) is 6.29. The van der Waals surface area contributed by atoms with Gasteiger partial charge >= 0.3 is 5.97 Å². The fourth-order valence-corrected chi connectivity index (χ4v) is 4.75. The van der Waals surface area contributed by atoms with Crippen LogP contribution in [0.5, 0.6) is 0 Å². The zero-order valence-electron chi connectivity index (χ0n) is 16.8. The van der Waals surface area contributed by atoms with E-state index >= 15 is 0 Å². The van der Waals surface area contributed by atoms with Gasteiger partial charge < -0.3 is 9.64 Å². The van der Waals surface area contributed by atoms with Crippen molar-refractivity contribution in [2.24, 2.45) is 5.92 Å². The minimum Gasteiger partial charge on any atom is -0.453 e. The predicted octanol–water partition coefficient (Wildman–Crippen LogP) is 3.10. The Balaban J connectivity index is 1.65. The van der Waals surface area contributed by atoms with Crippen molar-refractivity contribution < 1.29 is 22.7 Å². The molecular weight excluding hydrogens is 402 g/mol. The van der Waals surface area contributed by atoms with Gasteiger partial charge in [-0.1, -0.05) is 66.7 Å². The summed E-state index contributed by atoms with van der Waals surface area (Å²) in [6.45, 7) is 2.32. The van der Waals surface area contributed by atoms with Crippen LogP contribution in [-0.4, -0.2) is 37.1 Å². The van der Waals surface area contributed by atoms with Crippen LogP contribution in [0.4, 0.5) is 0 Å². The normalized spacial score (nSPS) is 18.0. The molecule has 0 N–H and O–H groups in total. The third-order valence-electron chi connectivity index (χ3n) is 4.83. The summed E-state index contributed by atoms with van der Waals surface area (Å²) in [5.74, 6) is -1.39. The molecule has 1 aliphatic rings. The number of amides is 1. The van der Waals surface area contributed by atoms with Gasteiger partial charge in [0.25, 0.3) is 5.91 Å². The molecule has 0 saturated carbocycles. The average Bonchev–Trinajstić information content (AvgIpc) is 3.06. The Bertz CT molecular complexity index is 961. The maximum absolute atomic E-state index is 13.1. The van der Waals surface area contributed by atoms with E-state index in [2.05, 4.69) is 0 Å². The molecule has 0 spiro atoms. The molecule has 3 rings (SSSR count). The summed E-state index contributed by atoms with van der Waals surface area (Å²) in [6.07, 6.45) is 0.470. The Hall–Kier alpha value is -2.93. The predicted molar refractivity (Wildman–Crippen MR) is 114 cm³/mol. The summed E-state index contributed by atoms with van der Waals surface area (Å²) in [6, 6.07) is 19.2. The van der Waals surface area contributed by atoms with E-state index in [0.29, 0.717) is 13.1 Å². The van der Waals surface area contributed by atoms with Crippen LogP contribution in [0.3, 0.4) is 0 Å². The number of allylic oxidation sites excluding steroid dienone is 1. The molecule has 0 aromatic heterocycles. The zero-order chi connectivity index (χ0) is 21.6. The van der Waals surface area contributed by atoms with Crippen LogP contribution in [0.2, 0.25) is 0 Å². The molecule has 0 fully saturated rings. The molecule has 1 amide bonds. The Kier molecular flexibility index (Phi) is 7.05. The topological polar surface area (TPSA) is 80.8 Å². The number of hydrogen-bond acceptors (Lipinski definition) is 5. The van der Waals surface area contributed by atoms with Crippen molar-refractivity contribution in [1.82, 2.24) is 4.90 Å². The molecule has 7 heteroatoms. The van der Waals surface area contributed by atoms with Crippen molar-refractivity contribution in [3.8, 4) is 0 Å². The van der Waals surface area contributed by atoms with Gasteiger partial charge in [0.05, 0.1) is 12.2 Å². The lowest BCUT2D eigenvalue weighted by atomic mass is 10.1. The Labute approximate surface area is 177 Å². The number of benzene rings is 2. The van der Waals surface area contributed by atoms with E-state index in [0.717, 1.165) is 16.5 Å². The number of nitrogens with zero attached hydrogens (tertiary/aromatic N) is 1. The van der Waals surface area contributed by atoms with Gasteiger partial charge in [-0.05, 0) is 18.1 Å². The smallest absolute Gasteiger partial charge is 0.307 e. The number of ether oxygens (including phenoxy) is 1. The van der Waals surface area contributed by atoms with Gasteiger partial charge in [0.15, 0.2) is 15.9 Å². The first kappa shape index (κ1) is 21.8. The SMILES string of the molecule is CC(OC(=O)CC1C=CS(=O)(=O)C1)C(=O)N(Cc1ccccc1)Cc1ccccc1. The maximum Gasteiger partial charge on any atom is 0.307 e. The second kappa shape index (κ2) is 9.71. The number of esters is 1. The highest BCUT2D eigenvalue weighted by atomic mass is 32.2. The van der Waals surface area contributed by atoms with Crippen LogP contribution in [0.1, 0.15) is 24.5 Å².